The van der Waals surface area contributed by atoms with Crippen LogP contribution in [0.1, 0.15) is 6.92 Å². The van der Waals surface area contributed by atoms with E-state index in [9.17, 15) is 9.90 Å². The Hall–Kier alpha value is -2.00. The molecular weight excluding hydrogens is 294 g/mol. The Bertz CT molecular complexity index is 590. The zero-order valence-electron chi connectivity index (χ0n) is 11.5. The van der Waals surface area contributed by atoms with Crippen LogP contribution >= 0.6 is 11.8 Å². The Morgan fingerprint density at radius 3 is 2.95 bits per heavy atom. The molecule has 0 aliphatic carbocycles. The van der Waals surface area contributed by atoms with Crippen LogP contribution < -0.4 is 0 Å². The molecule has 2 aromatic heterocycles. The van der Waals surface area contributed by atoms with Crippen molar-refractivity contribution in [3.63, 3.8) is 0 Å². The second kappa shape index (κ2) is 7.70. The summed E-state index contributed by atoms with van der Waals surface area (Å²) in [5, 5.41) is 17.8. The quantitative estimate of drug-likeness (QED) is 0.578. The summed E-state index contributed by atoms with van der Waals surface area (Å²) in [6.07, 6.45) is 4.68. The molecule has 21 heavy (non-hydrogen) atoms. The van der Waals surface area contributed by atoms with Crippen LogP contribution in [0, 0.1) is 0 Å². The van der Waals surface area contributed by atoms with E-state index in [1.54, 1.807) is 30.1 Å². The van der Waals surface area contributed by atoms with Gasteiger partial charge in [0, 0.05) is 18.9 Å². The van der Waals surface area contributed by atoms with E-state index >= 15 is 0 Å². The summed E-state index contributed by atoms with van der Waals surface area (Å²) in [5.74, 6) is 0.323. The second-order valence-corrected chi connectivity index (χ2v) is 4.81. The minimum atomic E-state index is -0.317. The fourth-order valence-electron chi connectivity index (χ4n) is 1.63. The van der Waals surface area contributed by atoms with Gasteiger partial charge in [-0.1, -0.05) is 11.8 Å². The fraction of sp³-hybridized carbons (Fsp3) is 0.417. The molecule has 0 aliphatic rings. The van der Waals surface area contributed by atoms with Crippen molar-refractivity contribution in [1.82, 2.24) is 24.7 Å². The molecular formula is C12H15N5O3S. The molecule has 0 fully saturated rings. The molecule has 2 heterocycles. The molecule has 0 amide bonds. The number of thioether (sulfide) groups is 1. The summed E-state index contributed by atoms with van der Waals surface area (Å²) in [7, 11) is 0. The average Bonchev–Trinajstić information content (AvgIpc) is 2.90. The normalized spacial score (nSPS) is 10.6. The second-order valence-electron chi connectivity index (χ2n) is 3.87. The molecule has 0 aliphatic heterocycles. The van der Waals surface area contributed by atoms with Gasteiger partial charge in [-0.05, 0) is 6.92 Å². The van der Waals surface area contributed by atoms with E-state index in [-0.39, 0.29) is 18.3 Å². The Kier molecular flexibility index (Phi) is 5.64. The maximum atomic E-state index is 11.4. The zero-order chi connectivity index (χ0) is 15.1. The third-order valence-corrected chi connectivity index (χ3v) is 3.40. The number of aliphatic hydroxyl groups is 1. The monoisotopic (exact) mass is 309 g/mol. The minimum absolute atomic E-state index is 0.0712. The first-order valence-corrected chi connectivity index (χ1v) is 7.33. The number of ether oxygens (including phenoxy) is 1. The maximum Gasteiger partial charge on any atom is 0.316 e. The molecule has 0 bridgehead atoms. The van der Waals surface area contributed by atoms with Crippen LogP contribution in [0.2, 0.25) is 0 Å². The van der Waals surface area contributed by atoms with Gasteiger partial charge in [-0.3, -0.25) is 14.3 Å². The van der Waals surface area contributed by atoms with Gasteiger partial charge >= 0.3 is 5.97 Å². The molecule has 2 rings (SSSR count). The van der Waals surface area contributed by atoms with E-state index in [2.05, 4.69) is 20.2 Å². The molecule has 0 unspecified atom stereocenters. The fourth-order valence-corrected chi connectivity index (χ4v) is 2.39. The highest BCUT2D eigenvalue weighted by Gasteiger charge is 2.16. The number of nitrogens with zero attached hydrogens (tertiary/aromatic N) is 5. The van der Waals surface area contributed by atoms with Gasteiger partial charge in [0.15, 0.2) is 11.0 Å². The van der Waals surface area contributed by atoms with Crippen LogP contribution in [-0.2, 0) is 16.1 Å². The Balaban J connectivity index is 2.19. The van der Waals surface area contributed by atoms with E-state index in [0.717, 1.165) is 0 Å². The molecule has 112 valence electrons. The predicted octanol–water partition coefficient (Wildman–Crippen LogP) is 0.383. The average molecular weight is 309 g/mol. The summed E-state index contributed by atoms with van der Waals surface area (Å²) in [4.78, 5) is 19.5. The number of esters is 1. The van der Waals surface area contributed by atoms with Crippen molar-refractivity contribution < 1.29 is 14.6 Å². The summed E-state index contributed by atoms with van der Waals surface area (Å²) >= 11 is 1.21. The summed E-state index contributed by atoms with van der Waals surface area (Å²) in [6.45, 7) is 2.33. The van der Waals surface area contributed by atoms with Crippen molar-refractivity contribution in [1.29, 1.82) is 0 Å². The highest BCUT2D eigenvalue weighted by molar-refractivity contribution is 7.99. The molecule has 0 aromatic carbocycles. The third-order valence-electron chi connectivity index (χ3n) is 2.46. The highest BCUT2D eigenvalue weighted by atomic mass is 32.2. The Labute approximate surface area is 125 Å². The molecule has 2 aromatic rings. The Morgan fingerprint density at radius 2 is 2.29 bits per heavy atom. The summed E-state index contributed by atoms with van der Waals surface area (Å²) < 4.78 is 6.57. The number of hydrogen-bond donors (Lipinski definition) is 1. The van der Waals surface area contributed by atoms with Crippen molar-refractivity contribution >= 4 is 17.7 Å². The lowest BCUT2D eigenvalue weighted by molar-refractivity contribution is -0.139. The molecule has 1 N–H and O–H groups in total. The van der Waals surface area contributed by atoms with Crippen LogP contribution in [0.3, 0.4) is 0 Å². The van der Waals surface area contributed by atoms with Crippen molar-refractivity contribution in [2.45, 2.75) is 18.6 Å². The van der Waals surface area contributed by atoms with Gasteiger partial charge in [-0.25, -0.2) is 4.98 Å². The number of carbonyl (C=O) groups excluding carboxylic acids is 1. The number of aromatic nitrogens is 5. The van der Waals surface area contributed by atoms with Crippen LogP contribution in [0.4, 0.5) is 0 Å². The van der Waals surface area contributed by atoms with Crippen LogP contribution in [0.5, 0.6) is 0 Å². The molecule has 0 atom stereocenters. The van der Waals surface area contributed by atoms with E-state index < -0.39 is 0 Å². The lowest BCUT2D eigenvalue weighted by Gasteiger charge is -2.07. The van der Waals surface area contributed by atoms with Gasteiger partial charge < -0.3 is 9.84 Å². The zero-order valence-corrected chi connectivity index (χ0v) is 12.3. The number of aliphatic hydroxyl groups excluding tert-OH is 1. The van der Waals surface area contributed by atoms with E-state index in [1.807, 2.05) is 0 Å². The lowest BCUT2D eigenvalue weighted by Crippen LogP contribution is -2.10. The molecule has 0 saturated carbocycles. The first-order valence-electron chi connectivity index (χ1n) is 6.35. The lowest BCUT2D eigenvalue weighted by atomic mass is 10.4. The third kappa shape index (κ3) is 3.99. The minimum Gasteiger partial charge on any atom is -0.465 e. The topological polar surface area (TPSA) is 103 Å². The van der Waals surface area contributed by atoms with Crippen molar-refractivity contribution in [3.8, 4) is 11.5 Å². The van der Waals surface area contributed by atoms with Gasteiger partial charge in [0.05, 0.1) is 25.2 Å². The highest BCUT2D eigenvalue weighted by Crippen LogP contribution is 2.22. The van der Waals surface area contributed by atoms with Gasteiger partial charge in [-0.15, -0.1) is 10.2 Å². The standard InChI is InChI=1S/C12H15N5O3S/c1-2-20-10(19)8-21-12-16-15-11(17(12)5-6-18)9-7-13-3-4-14-9/h3-4,7,18H,2,5-6,8H2,1H3. The number of hydrogen-bond acceptors (Lipinski definition) is 8. The summed E-state index contributed by atoms with van der Waals surface area (Å²) in [5.41, 5.74) is 0.557. The van der Waals surface area contributed by atoms with Crippen LogP contribution in [0.25, 0.3) is 11.5 Å². The number of carbonyl (C=O) groups is 1. The number of rotatable bonds is 7. The van der Waals surface area contributed by atoms with Crippen molar-refractivity contribution in [2.75, 3.05) is 19.0 Å². The van der Waals surface area contributed by atoms with Crippen LogP contribution in [0.15, 0.2) is 23.7 Å². The van der Waals surface area contributed by atoms with Gasteiger partial charge in [0.2, 0.25) is 0 Å². The molecule has 8 nitrogen and oxygen atoms in total. The van der Waals surface area contributed by atoms with Crippen molar-refractivity contribution in [3.05, 3.63) is 18.6 Å². The largest absolute Gasteiger partial charge is 0.465 e. The Morgan fingerprint density at radius 1 is 1.43 bits per heavy atom. The first kappa shape index (κ1) is 15.4. The van der Waals surface area contributed by atoms with Gasteiger partial charge in [-0.2, -0.15) is 0 Å². The van der Waals surface area contributed by atoms with Gasteiger partial charge in [0.25, 0.3) is 0 Å². The van der Waals surface area contributed by atoms with Crippen LogP contribution in [-0.4, -0.2) is 54.8 Å². The molecule has 0 spiro atoms. The van der Waals surface area contributed by atoms with Crippen molar-refractivity contribution in [2.24, 2.45) is 0 Å². The van der Waals surface area contributed by atoms with E-state index in [1.165, 1.54) is 11.8 Å². The first-order chi connectivity index (χ1) is 10.3. The van der Waals surface area contributed by atoms with Gasteiger partial charge in [0.1, 0.15) is 5.69 Å². The molecule has 9 heteroatoms. The summed E-state index contributed by atoms with van der Waals surface area (Å²) in [6, 6.07) is 0. The molecule has 0 saturated heterocycles. The predicted molar refractivity (Wildman–Crippen MR) is 75.5 cm³/mol. The maximum absolute atomic E-state index is 11.4. The van der Waals surface area contributed by atoms with E-state index in [0.29, 0.717) is 29.8 Å². The molecule has 0 radical (unpaired) electrons. The smallest absolute Gasteiger partial charge is 0.316 e. The SMILES string of the molecule is CCOC(=O)CSc1nnc(-c2cnccn2)n1CCO. The van der Waals surface area contributed by atoms with E-state index in [4.69, 9.17) is 4.74 Å².